The average Bonchev–Trinajstić information content (AvgIpc) is 3.34. The molecule has 0 unspecified atom stereocenters. The quantitative estimate of drug-likeness (QED) is 0.156. The predicted molar refractivity (Wildman–Crippen MR) is 187 cm³/mol. The first-order valence-electron chi connectivity index (χ1n) is 14.4. The first-order chi connectivity index (χ1) is 20.6. The standard InChI is InChI=1S/C26H20.C14H16.CH4S/c1-19-16-17-23-22-14-8-9-15-24(22)26(25(23)18-19,20-10-4-2-5-11-20)21-12-6-3-7-13-21;1-4-9-12(3)14(5-2)13-10-7-6-8-11-13;1-2/h2-18H,1H3;4-11H,2H2,1,3H3;2H,1H3/b;9-4-,14-12+;. The second kappa shape index (κ2) is 14.5. The van der Waals surface area contributed by atoms with Crippen molar-refractivity contribution in [2.45, 2.75) is 26.2 Å². The molecule has 1 heteroatoms. The Hall–Kier alpha value is -4.33. The van der Waals surface area contributed by atoms with E-state index in [-0.39, 0.29) is 5.41 Å². The third-order valence-corrected chi connectivity index (χ3v) is 7.74. The van der Waals surface area contributed by atoms with Crippen molar-refractivity contribution in [1.82, 2.24) is 0 Å². The third kappa shape index (κ3) is 5.98. The van der Waals surface area contributed by atoms with Gasteiger partial charge in [0.05, 0.1) is 5.41 Å². The van der Waals surface area contributed by atoms with Gasteiger partial charge in [0, 0.05) is 0 Å². The summed E-state index contributed by atoms with van der Waals surface area (Å²) in [5.41, 5.74) is 12.8. The Bertz CT molecular complexity index is 1620. The second-order valence-corrected chi connectivity index (χ2v) is 10.2. The van der Waals surface area contributed by atoms with Crippen LogP contribution in [-0.4, -0.2) is 6.26 Å². The van der Waals surface area contributed by atoms with Crippen LogP contribution in [0.4, 0.5) is 0 Å². The molecule has 0 radical (unpaired) electrons. The fourth-order valence-corrected chi connectivity index (χ4v) is 6.02. The summed E-state index contributed by atoms with van der Waals surface area (Å²) in [6.45, 7) is 10.2. The highest BCUT2D eigenvalue weighted by Crippen LogP contribution is 2.56. The van der Waals surface area contributed by atoms with E-state index < -0.39 is 0 Å². The van der Waals surface area contributed by atoms with Crippen LogP contribution in [0.2, 0.25) is 0 Å². The maximum Gasteiger partial charge on any atom is 0.0713 e. The van der Waals surface area contributed by atoms with Crippen LogP contribution in [0.25, 0.3) is 16.7 Å². The number of fused-ring (bicyclic) bond motifs is 3. The zero-order valence-corrected chi connectivity index (χ0v) is 26.0. The highest BCUT2D eigenvalue weighted by Gasteiger charge is 2.45. The van der Waals surface area contributed by atoms with E-state index in [0.29, 0.717) is 0 Å². The van der Waals surface area contributed by atoms with Gasteiger partial charge < -0.3 is 0 Å². The summed E-state index contributed by atoms with van der Waals surface area (Å²) >= 11 is 3.53. The number of rotatable bonds is 5. The molecule has 0 spiro atoms. The van der Waals surface area contributed by atoms with E-state index in [0.717, 1.165) is 0 Å². The molecule has 0 saturated carbocycles. The van der Waals surface area contributed by atoms with Crippen molar-refractivity contribution in [3.05, 3.63) is 197 Å². The van der Waals surface area contributed by atoms with Crippen molar-refractivity contribution in [3.8, 4) is 11.1 Å². The van der Waals surface area contributed by atoms with Crippen LogP contribution in [0.5, 0.6) is 0 Å². The van der Waals surface area contributed by atoms with Crippen LogP contribution in [0.15, 0.2) is 164 Å². The van der Waals surface area contributed by atoms with Crippen LogP contribution in [0.1, 0.15) is 47.2 Å². The van der Waals surface area contributed by atoms with E-state index in [2.05, 4.69) is 154 Å². The van der Waals surface area contributed by atoms with Crippen molar-refractivity contribution >= 4 is 18.2 Å². The number of thiol groups is 1. The summed E-state index contributed by atoms with van der Waals surface area (Å²) in [4.78, 5) is 0. The molecule has 0 aliphatic heterocycles. The molecule has 0 fully saturated rings. The van der Waals surface area contributed by atoms with Crippen molar-refractivity contribution in [2.75, 3.05) is 6.26 Å². The maximum atomic E-state index is 3.85. The van der Waals surface area contributed by atoms with Crippen LogP contribution < -0.4 is 0 Å². The normalized spacial score (nSPS) is 13.0. The van der Waals surface area contributed by atoms with Crippen molar-refractivity contribution < 1.29 is 0 Å². The predicted octanol–water partition coefficient (Wildman–Crippen LogP) is 11.1. The SMILES string of the molecule is C=C/C(=C(C)\C=C/C)c1ccccc1.CS.Cc1ccc2c(c1)C(c1ccccc1)(c1ccccc1)c1ccccc1-2. The van der Waals surface area contributed by atoms with Crippen molar-refractivity contribution in [3.63, 3.8) is 0 Å². The first kappa shape index (κ1) is 30.6. The summed E-state index contributed by atoms with van der Waals surface area (Å²) in [5.74, 6) is 0. The monoisotopic (exact) mass is 564 g/mol. The van der Waals surface area contributed by atoms with Gasteiger partial charge in [-0.25, -0.2) is 0 Å². The molecule has 5 aromatic carbocycles. The zero-order valence-electron chi connectivity index (χ0n) is 25.1. The zero-order chi connectivity index (χ0) is 30.0. The molecular weight excluding hydrogens is 525 g/mol. The van der Waals surface area contributed by atoms with E-state index in [1.807, 2.05) is 37.3 Å². The Balaban J connectivity index is 0.000000216. The summed E-state index contributed by atoms with van der Waals surface area (Å²) < 4.78 is 0. The number of benzene rings is 5. The topological polar surface area (TPSA) is 0 Å². The van der Waals surface area contributed by atoms with Gasteiger partial charge in [0.15, 0.2) is 0 Å². The van der Waals surface area contributed by atoms with Gasteiger partial charge in [0.2, 0.25) is 0 Å². The Morgan fingerprint density at radius 1 is 0.643 bits per heavy atom. The summed E-state index contributed by atoms with van der Waals surface area (Å²) in [5, 5.41) is 0. The molecule has 1 aliphatic carbocycles. The minimum atomic E-state index is -0.263. The molecule has 0 aromatic heterocycles. The van der Waals surface area contributed by atoms with Crippen molar-refractivity contribution in [1.29, 1.82) is 0 Å². The van der Waals surface area contributed by atoms with Gasteiger partial charge >= 0.3 is 0 Å². The number of hydrogen-bond acceptors (Lipinski definition) is 1. The lowest BCUT2D eigenvalue weighted by Gasteiger charge is -2.34. The van der Waals surface area contributed by atoms with Crippen molar-refractivity contribution in [2.24, 2.45) is 0 Å². The van der Waals surface area contributed by atoms with Gasteiger partial charge in [-0.05, 0) is 77.1 Å². The average molecular weight is 565 g/mol. The molecule has 0 nitrogen and oxygen atoms in total. The number of allylic oxidation sites excluding steroid dienone is 5. The molecule has 0 bridgehead atoms. The van der Waals surface area contributed by atoms with Crippen LogP contribution in [0, 0.1) is 6.92 Å². The fourth-order valence-electron chi connectivity index (χ4n) is 6.02. The minimum absolute atomic E-state index is 0.263. The van der Waals surface area contributed by atoms with E-state index in [1.165, 1.54) is 55.7 Å². The first-order valence-corrected chi connectivity index (χ1v) is 15.3. The molecule has 0 saturated heterocycles. The summed E-state index contributed by atoms with van der Waals surface area (Å²) in [7, 11) is 0. The van der Waals surface area contributed by atoms with E-state index >= 15 is 0 Å². The second-order valence-electron chi connectivity index (χ2n) is 10.2. The van der Waals surface area contributed by atoms with Gasteiger partial charge in [-0.2, -0.15) is 12.6 Å². The van der Waals surface area contributed by atoms with Gasteiger partial charge in [0.25, 0.3) is 0 Å². The fraction of sp³-hybridized carbons (Fsp3) is 0.122. The molecule has 0 atom stereocenters. The van der Waals surface area contributed by atoms with Gasteiger partial charge in [-0.1, -0.05) is 164 Å². The lowest BCUT2D eigenvalue weighted by Crippen LogP contribution is -2.28. The molecule has 1 aliphatic rings. The Kier molecular flexibility index (Phi) is 10.6. The molecule has 0 N–H and O–H groups in total. The van der Waals surface area contributed by atoms with E-state index in [9.17, 15) is 0 Å². The number of aryl methyl sites for hydroxylation is 1. The molecule has 0 heterocycles. The smallest absolute Gasteiger partial charge is 0.0713 e. The van der Waals surface area contributed by atoms with Gasteiger partial charge in [-0.3, -0.25) is 0 Å². The lowest BCUT2D eigenvalue weighted by molar-refractivity contribution is 0.767. The third-order valence-electron chi connectivity index (χ3n) is 7.74. The van der Waals surface area contributed by atoms with E-state index in [4.69, 9.17) is 0 Å². The highest BCUT2D eigenvalue weighted by atomic mass is 32.1. The van der Waals surface area contributed by atoms with Crippen LogP contribution >= 0.6 is 12.6 Å². The summed E-state index contributed by atoms with van der Waals surface area (Å²) in [6, 6.07) is 47.9. The highest BCUT2D eigenvalue weighted by molar-refractivity contribution is 7.79. The molecule has 0 amide bonds. The van der Waals surface area contributed by atoms with Gasteiger partial charge in [-0.15, -0.1) is 0 Å². The molecule has 42 heavy (non-hydrogen) atoms. The Morgan fingerprint density at radius 2 is 1.14 bits per heavy atom. The maximum absolute atomic E-state index is 3.85. The lowest BCUT2D eigenvalue weighted by atomic mass is 9.67. The summed E-state index contributed by atoms with van der Waals surface area (Å²) in [6.07, 6.45) is 7.75. The minimum Gasteiger partial charge on any atom is -0.183 e. The Morgan fingerprint density at radius 3 is 1.69 bits per heavy atom. The molecular formula is C41H40S. The molecule has 6 rings (SSSR count). The molecule has 210 valence electrons. The van der Waals surface area contributed by atoms with Gasteiger partial charge in [0.1, 0.15) is 0 Å². The largest absolute Gasteiger partial charge is 0.183 e. The van der Waals surface area contributed by atoms with E-state index in [1.54, 1.807) is 6.26 Å². The Labute approximate surface area is 258 Å². The number of hydrogen-bond donors (Lipinski definition) is 1. The molecule has 5 aromatic rings. The van der Waals surface area contributed by atoms with Crippen LogP contribution in [-0.2, 0) is 5.41 Å². The van der Waals surface area contributed by atoms with Crippen LogP contribution in [0.3, 0.4) is 0 Å².